The lowest BCUT2D eigenvalue weighted by atomic mass is 9.82. The smallest absolute Gasteiger partial charge is 0.0254 e. The highest BCUT2D eigenvalue weighted by Crippen LogP contribution is 2.31. The molecule has 0 N–H and O–H groups in total. The lowest BCUT2D eigenvalue weighted by molar-refractivity contribution is 0.287. The third-order valence-electron chi connectivity index (χ3n) is 2.46. The van der Waals surface area contributed by atoms with Gasteiger partial charge in [0.25, 0.3) is 0 Å². The van der Waals surface area contributed by atoms with E-state index >= 15 is 0 Å². The summed E-state index contributed by atoms with van der Waals surface area (Å²) in [5.41, 5.74) is 0. The number of hydrogen-bond acceptors (Lipinski definition) is 0. The van der Waals surface area contributed by atoms with Crippen LogP contribution >= 0.6 is 27.5 Å². The van der Waals surface area contributed by atoms with Crippen molar-refractivity contribution in [3.8, 4) is 0 Å². The van der Waals surface area contributed by atoms with E-state index in [0.29, 0.717) is 0 Å². The monoisotopic (exact) mass is 224 g/mol. The van der Waals surface area contributed by atoms with Gasteiger partial charge in [-0.3, -0.25) is 0 Å². The Morgan fingerprint density at radius 2 is 1.80 bits per heavy atom. The third-order valence-corrected chi connectivity index (χ3v) is 3.69. The van der Waals surface area contributed by atoms with Gasteiger partial charge < -0.3 is 0 Å². The first-order chi connectivity index (χ1) is 4.88. The summed E-state index contributed by atoms with van der Waals surface area (Å²) in [5.74, 6) is 2.50. The molecule has 2 atom stereocenters. The Morgan fingerprint density at radius 1 is 1.20 bits per heavy atom. The quantitative estimate of drug-likeness (QED) is 0.632. The molecule has 1 aliphatic carbocycles. The molecule has 0 spiro atoms. The number of halogens is 2. The molecule has 10 heavy (non-hydrogen) atoms. The predicted molar refractivity (Wildman–Crippen MR) is 50.0 cm³/mol. The molecule has 1 rings (SSSR count). The summed E-state index contributed by atoms with van der Waals surface area (Å²) in [6, 6.07) is 0. The van der Waals surface area contributed by atoms with E-state index in [1.54, 1.807) is 0 Å². The summed E-state index contributed by atoms with van der Waals surface area (Å²) in [4.78, 5) is 0. The minimum Gasteiger partial charge on any atom is -0.126 e. The zero-order valence-corrected chi connectivity index (χ0v) is 8.50. The lowest BCUT2D eigenvalue weighted by Crippen LogP contribution is -2.21. The van der Waals surface area contributed by atoms with Gasteiger partial charge in [0.15, 0.2) is 0 Å². The highest BCUT2D eigenvalue weighted by molar-refractivity contribution is 9.09. The molecule has 0 aromatic rings. The van der Waals surface area contributed by atoms with E-state index in [2.05, 4.69) is 15.9 Å². The van der Waals surface area contributed by atoms with E-state index in [-0.39, 0.29) is 0 Å². The zero-order valence-electron chi connectivity index (χ0n) is 6.15. The fourth-order valence-corrected chi connectivity index (χ4v) is 2.95. The third kappa shape index (κ3) is 2.13. The second-order valence-electron chi connectivity index (χ2n) is 3.11. The van der Waals surface area contributed by atoms with Gasteiger partial charge in [-0.1, -0.05) is 28.8 Å². The molecule has 0 saturated heterocycles. The second-order valence-corrected chi connectivity index (χ2v) is 4.07. The Labute approximate surface area is 76.5 Å². The Kier molecular flexibility index (Phi) is 4.08. The van der Waals surface area contributed by atoms with Gasteiger partial charge >= 0.3 is 0 Å². The molecule has 1 fully saturated rings. The van der Waals surface area contributed by atoms with Gasteiger partial charge in [-0.15, -0.1) is 11.6 Å². The summed E-state index contributed by atoms with van der Waals surface area (Å²) in [6.07, 6.45) is 5.52. The van der Waals surface area contributed by atoms with E-state index in [1.807, 2.05) is 0 Å². The van der Waals surface area contributed by atoms with Crippen molar-refractivity contribution in [3.63, 3.8) is 0 Å². The van der Waals surface area contributed by atoms with Crippen molar-refractivity contribution in [1.29, 1.82) is 0 Å². The van der Waals surface area contributed by atoms with Crippen LogP contribution in [0.2, 0.25) is 0 Å². The van der Waals surface area contributed by atoms with Crippen LogP contribution in [0.5, 0.6) is 0 Å². The molecular weight excluding hydrogens is 211 g/mol. The van der Waals surface area contributed by atoms with E-state index < -0.39 is 0 Å². The first kappa shape index (κ1) is 8.86. The average molecular weight is 226 g/mol. The molecule has 1 saturated carbocycles. The zero-order chi connectivity index (χ0) is 7.40. The van der Waals surface area contributed by atoms with Crippen molar-refractivity contribution in [2.24, 2.45) is 11.8 Å². The maximum absolute atomic E-state index is 5.83. The minimum absolute atomic E-state index is 0.787. The summed E-state index contributed by atoms with van der Waals surface area (Å²) >= 11 is 9.37. The van der Waals surface area contributed by atoms with Gasteiger partial charge in [-0.2, -0.15) is 0 Å². The molecule has 0 aromatic carbocycles. The molecule has 0 aliphatic heterocycles. The van der Waals surface area contributed by atoms with Crippen LogP contribution in [0.1, 0.15) is 25.7 Å². The Morgan fingerprint density at radius 3 is 2.20 bits per heavy atom. The first-order valence-electron chi connectivity index (χ1n) is 4.00. The van der Waals surface area contributed by atoms with Gasteiger partial charge in [0.2, 0.25) is 0 Å². The molecule has 0 heterocycles. The summed E-state index contributed by atoms with van der Waals surface area (Å²) in [6.45, 7) is 0. The molecule has 0 unspecified atom stereocenters. The fraction of sp³-hybridized carbons (Fsp3) is 1.00. The van der Waals surface area contributed by atoms with E-state index in [4.69, 9.17) is 11.6 Å². The lowest BCUT2D eigenvalue weighted by Gasteiger charge is -2.28. The van der Waals surface area contributed by atoms with Crippen LogP contribution in [0, 0.1) is 11.8 Å². The summed E-state index contributed by atoms with van der Waals surface area (Å²) in [7, 11) is 0. The molecule has 60 valence electrons. The van der Waals surface area contributed by atoms with Crippen LogP contribution in [-0.2, 0) is 0 Å². The van der Waals surface area contributed by atoms with Crippen LogP contribution in [-0.4, -0.2) is 11.2 Å². The van der Waals surface area contributed by atoms with Gasteiger partial charge in [0.1, 0.15) is 0 Å². The van der Waals surface area contributed by atoms with E-state index in [0.717, 1.165) is 23.0 Å². The van der Waals surface area contributed by atoms with Crippen molar-refractivity contribution in [3.05, 3.63) is 0 Å². The SMILES string of the molecule is ClC[C@@H]1CCCC[C@H]1CBr. The predicted octanol–water partition coefficient (Wildman–Crippen LogP) is 3.43. The first-order valence-corrected chi connectivity index (χ1v) is 5.66. The van der Waals surface area contributed by atoms with Crippen molar-refractivity contribution in [2.45, 2.75) is 25.7 Å². The van der Waals surface area contributed by atoms with Gasteiger partial charge in [-0.05, 0) is 24.7 Å². The van der Waals surface area contributed by atoms with Gasteiger partial charge in [0.05, 0.1) is 0 Å². The Hall–Kier alpha value is 0.770. The molecular formula is C8H14BrCl. The van der Waals surface area contributed by atoms with Crippen LogP contribution in [0.25, 0.3) is 0 Å². The van der Waals surface area contributed by atoms with E-state index in [9.17, 15) is 0 Å². The number of rotatable bonds is 2. The maximum Gasteiger partial charge on any atom is 0.0254 e. The van der Waals surface area contributed by atoms with Crippen LogP contribution in [0.3, 0.4) is 0 Å². The summed E-state index contributed by atoms with van der Waals surface area (Å²) < 4.78 is 0. The molecule has 0 aromatic heterocycles. The topological polar surface area (TPSA) is 0 Å². The van der Waals surface area contributed by atoms with E-state index in [1.165, 1.54) is 25.7 Å². The van der Waals surface area contributed by atoms with Crippen LogP contribution in [0.4, 0.5) is 0 Å². The normalized spacial score (nSPS) is 34.2. The molecule has 0 radical (unpaired) electrons. The minimum atomic E-state index is 0.787. The average Bonchev–Trinajstić information content (AvgIpc) is 2.04. The largest absolute Gasteiger partial charge is 0.126 e. The Balaban J connectivity index is 2.34. The standard InChI is InChI=1S/C8H14BrCl/c9-5-7-3-1-2-4-8(7)6-10/h7-8H,1-6H2/t7-,8-/m0/s1. The highest BCUT2D eigenvalue weighted by atomic mass is 79.9. The molecule has 0 amide bonds. The Bertz CT molecular complexity index is 83.3. The highest BCUT2D eigenvalue weighted by Gasteiger charge is 2.22. The van der Waals surface area contributed by atoms with Crippen molar-refractivity contribution in [2.75, 3.05) is 11.2 Å². The second kappa shape index (κ2) is 4.61. The molecule has 1 aliphatic rings. The summed E-state index contributed by atoms with van der Waals surface area (Å²) in [5, 5.41) is 1.14. The van der Waals surface area contributed by atoms with Gasteiger partial charge in [-0.25, -0.2) is 0 Å². The molecule has 0 nitrogen and oxygen atoms in total. The fourth-order valence-electron chi connectivity index (χ4n) is 1.69. The van der Waals surface area contributed by atoms with Crippen molar-refractivity contribution in [1.82, 2.24) is 0 Å². The van der Waals surface area contributed by atoms with Crippen LogP contribution < -0.4 is 0 Å². The van der Waals surface area contributed by atoms with Gasteiger partial charge in [0, 0.05) is 11.2 Å². The molecule has 0 bridgehead atoms. The maximum atomic E-state index is 5.83. The number of alkyl halides is 2. The number of hydrogen-bond donors (Lipinski definition) is 0. The van der Waals surface area contributed by atoms with Crippen molar-refractivity contribution < 1.29 is 0 Å². The molecule has 2 heteroatoms. The van der Waals surface area contributed by atoms with Crippen molar-refractivity contribution >= 4 is 27.5 Å². The van der Waals surface area contributed by atoms with Crippen LogP contribution in [0.15, 0.2) is 0 Å².